The summed E-state index contributed by atoms with van der Waals surface area (Å²) < 4.78 is 0.933. The largest absolute Gasteiger partial charge is 0.329 e. The first-order chi connectivity index (χ1) is 9.52. The third-order valence-electron chi connectivity index (χ3n) is 4.05. The molecule has 1 aromatic carbocycles. The lowest BCUT2D eigenvalue weighted by atomic mass is 10.0. The zero-order chi connectivity index (χ0) is 14.7. The summed E-state index contributed by atoms with van der Waals surface area (Å²) in [7, 11) is 2.19. The summed E-state index contributed by atoms with van der Waals surface area (Å²) >= 11 is 9.68. The average Bonchev–Trinajstić information content (AvgIpc) is 2.56. The van der Waals surface area contributed by atoms with Crippen molar-refractivity contribution in [1.29, 1.82) is 0 Å². The van der Waals surface area contributed by atoms with Gasteiger partial charge in [0.05, 0.1) is 5.02 Å². The highest BCUT2D eigenvalue weighted by Crippen LogP contribution is 2.30. The van der Waals surface area contributed by atoms with Gasteiger partial charge in [-0.3, -0.25) is 4.90 Å². The Morgan fingerprint density at radius 2 is 2.20 bits per heavy atom. The van der Waals surface area contributed by atoms with Crippen molar-refractivity contribution in [3.8, 4) is 0 Å². The van der Waals surface area contributed by atoms with Crippen molar-refractivity contribution < 1.29 is 0 Å². The van der Waals surface area contributed by atoms with E-state index in [1.54, 1.807) is 0 Å². The molecule has 0 radical (unpaired) electrons. The number of rotatable bonds is 3. The van der Waals surface area contributed by atoms with Crippen LogP contribution >= 0.6 is 27.5 Å². The zero-order valence-corrected chi connectivity index (χ0v) is 14.5. The summed E-state index contributed by atoms with van der Waals surface area (Å²) in [5, 5.41) is 0.751. The van der Waals surface area contributed by atoms with Gasteiger partial charge in [-0.25, -0.2) is 0 Å². The smallest absolute Gasteiger partial charge is 0.0551 e. The highest BCUT2D eigenvalue weighted by atomic mass is 79.9. The van der Waals surface area contributed by atoms with Crippen LogP contribution in [-0.4, -0.2) is 49.1 Å². The van der Waals surface area contributed by atoms with E-state index < -0.39 is 0 Å². The highest BCUT2D eigenvalue weighted by molar-refractivity contribution is 9.10. The Bertz CT molecular complexity index is 455. The van der Waals surface area contributed by atoms with E-state index in [4.69, 9.17) is 17.3 Å². The average molecular weight is 361 g/mol. The summed E-state index contributed by atoms with van der Waals surface area (Å²) in [5.74, 6) is 0. The molecule has 0 aliphatic carbocycles. The maximum atomic E-state index is 6.23. The van der Waals surface area contributed by atoms with Gasteiger partial charge >= 0.3 is 0 Å². The molecule has 5 heteroatoms. The lowest BCUT2D eigenvalue weighted by Gasteiger charge is -2.35. The Morgan fingerprint density at radius 1 is 1.45 bits per heavy atom. The summed E-state index contributed by atoms with van der Waals surface area (Å²) in [4.78, 5) is 4.91. The molecule has 3 nitrogen and oxygen atoms in total. The SMILES string of the molecule is CC1CN(C)CCCN1C(CN)c1ccc(Br)c(Cl)c1. The quantitative estimate of drug-likeness (QED) is 0.899. The molecule has 0 bridgehead atoms. The van der Waals surface area contributed by atoms with Gasteiger partial charge in [0, 0.05) is 36.2 Å². The second kappa shape index (κ2) is 7.23. The molecule has 1 saturated heterocycles. The van der Waals surface area contributed by atoms with Gasteiger partial charge in [0.2, 0.25) is 0 Å². The lowest BCUT2D eigenvalue weighted by Crippen LogP contribution is -2.42. The molecule has 0 saturated carbocycles. The number of hydrogen-bond acceptors (Lipinski definition) is 3. The minimum atomic E-state index is 0.238. The summed E-state index contributed by atoms with van der Waals surface area (Å²) in [6, 6.07) is 6.90. The van der Waals surface area contributed by atoms with Gasteiger partial charge in [-0.2, -0.15) is 0 Å². The van der Waals surface area contributed by atoms with Crippen molar-refractivity contribution >= 4 is 27.5 Å². The Labute approximate surface area is 135 Å². The number of halogens is 2. The fraction of sp³-hybridized carbons (Fsp3) is 0.600. The molecule has 0 spiro atoms. The van der Waals surface area contributed by atoms with Crippen LogP contribution in [0.2, 0.25) is 5.02 Å². The van der Waals surface area contributed by atoms with Gasteiger partial charge in [-0.05, 0) is 60.6 Å². The van der Waals surface area contributed by atoms with Gasteiger partial charge in [0.15, 0.2) is 0 Å². The number of nitrogens with two attached hydrogens (primary N) is 1. The van der Waals surface area contributed by atoms with E-state index in [-0.39, 0.29) is 6.04 Å². The summed E-state index contributed by atoms with van der Waals surface area (Å²) in [5.41, 5.74) is 7.27. The highest BCUT2D eigenvalue weighted by Gasteiger charge is 2.27. The summed E-state index contributed by atoms with van der Waals surface area (Å²) in [6.07, 6.45) is 1.18. The van der Waals surface area contributed by atoms with E-state index in [1.165, 1.54) is 12.0 Å². The van der Waals surface area contributed by atoms with Crippen molar-refractivity contribution in [1.82, 2.24) is 9.80 Å². The van der Waals surface area contributed by atoms with Crippen molar-refractivity contribution in [2.45, 2.75) is 25.4 Å². The molecule has 2 atom stereocenters. The fourth-order valence-corrected chi connectivity index (χ4v) is 3.47. The van der Waals surface area contributed by atoms with Gasteiger partial charge in [0.25, 0.3) is 0 Å². The predicted molar refractivity (Wildman–Crippen MR) is 89.2 cm³/mol. The maximum Gasteiger partial charge on any atom is 0.0551 e. The van der Waals surface area contributed by atoms with Gasteiger partial charge in [0.1, 0.15) is 0 Å². The predicted octanol–water partition coefficient (Wildman–Crippen LogP) is 3.13. The molecule has 0 amide bonds. The van der Waals surface area contributed by atoms with Crippen molar-refractivity contribution in [3.63, 3.8) is 0 Å². The van der Waals surface area contributed by atoms with E-state index in [1.807, 2.05) is 12.1 Å². The topological polar surface area (TPSA) is 32.5 Å². The third kappa shape index (κ3) is 3.74. The monoisotopic (exact) mass is 359 g/mol. The number of nitrogens with zero attached hydrogens (tertiary/aromatic N) is 2. The molecular formula is C15H23BrClN3. The van der Waals surface area contributed by atoms with Crippen LogP contribution in [0.15, 0.2) is 22.7 Å². The van der Waals surface area contributed by atoms with E-state index in [0.29, 0.717) is 12.6 Å². The molecule has 1 aliphatic heterocycles. The normalized spacial score (nSPS) is 23.6. The van der Waals surface area contributed by atoms with E-state index in [0.717, 1.165) is 29.1 Å². The van der Waals surface area contributed by atoms with Gasteiger partial charge < -0.3 is 10.6 Å². The molecule has 1 aliphatic rings. The van der Waals surface area contributed by atoms with Crippen LogP contribution in [0.5, 0.6) is 0 Å². The van der Waals surface area contributed by atoms with Crippen LogP contribution in [0.4, 0.5) is 0 Å². The fourth-order valence-electron chi connectivity index (χ4n) is 3.04. The number of benzene rings is 1. The Balaban J connectivity index is 2.23. The van der Waals surface area contributed by atoms with Crippen LogP contribution < -0.4 is 5.73 Å². The Hall–Kier alpha value is -0.130. The van der Waals surface area contributed by atoms with Crippen LogP contribution in [-0.2, 0) is 0 Å². The van der Waals surface area contributed by atoms with E-state index in [9.17, 15) is 0 Å². The van der Waals surface area contributed by atoms with E-state index >= 15 is 0 Å². The molecule has 112 valence electrons. The Kier molecular flexibility index (Phi) is 5.87. The first kappa shape index (κ1) is 16.2. The molecular weight excluding hydrogens is 338 g/mol. The zero-order valence-electron chi connectivity index (χ0n) is 12.1. The van der Waals surface area contributed by atoms with Crippen molar-refractivity contribution in [2.75, 3.05) is 33.2 Å². The summed E-state index contributed by atoms with van der Waals surface area (Å²) in [6.45, 7) is 6.22. The molecule has 2 unspecified atom stereocenters. The first-order valence-electron chi connectivity index (χ1n) is 7.12. The number of likely N-dealkylation sites (N-methyl/N-ethyl adjacent to an activating group) is 1. The molecule has 2 rings (SSSR count). The van der Waals surface area contributed by atoms with Crippen molar-refractivity contribution in [2.24, 2.45) is 5.73 Å². The first-order valence-corrected chi connectivity index (χ1v) is 8.29. The van der Waals surface area contributed by atoms with Crippen LogP contribution in [0.3, 0.4) is 0 Å². The standard InChI is InChI=1S/C15H23BrClN3/c1-11-10-19(2)6-3-7-20(11)15(9-18)12-4-5-13(16)14(17)8-12/h4-5,8,11,15H,3,6-7,9-10,18H2,1-2H3. The van der Waals surface area contributed by atoms with Crippen LogP contribution in [0, 0.1) is 0 Å². The molecule has 1 aromatic rings. The lowest BCUT2D eigenvalue weighted by molar-refractivity contribution is 0.146. The number of hydrogen-bond donors (Lipinski definition) is 1. The molecule has 1 heterocycles. The third-order valence-corrected chi connectivity index (χ3v) is 5.28. The van der Waals surface area contributed by atoms with Gasteiger partial charge in [-0.1, -0.05) is 17.7 Å². The Morgan fingerprint density at radius 3 is 2.85 bits per heavy atom. The second-order valence-corrected chi connectivity index (χ2v) is 6.89. The van der Waals surface area contributed by atoms with Crippen molar-refractivity contribution in [3.05, 3.63) is 33.3 Å². The maximum absolute atomic E-state index is 6.23. The minimum absolute atomic E-state index is 0.238. The van der Waals surface area contributed by atoms with Gasteiger partial charge in [-0.15, -0.1) is 0 Å². The van der Waals surface area contributed by atoms with E-state index in [2.05, 4.69) is 45.8 Å². The molecule has 1 fully saturated rings. The van der Waals surface area contributed by atoms with Crippen LogP contribution in [0.1, 0.15) is 24.9 Å². The van der Waals surface area contributed by atoms with Crippen LogP contribution in [0.25, 0.3) is 0 Å². The second-order valence-electron chi connectivity index (χ2n) is 5.63. The minimum Gasteiger partial charge on any atom is -0.329 e. The molecule has 0 aromatic heterocycles. The molecule has 20 heavy (non-hydrogen) atoms. The molecule has 2 N–H and O–H groups in total.